The summed E-state index contributed by atoms with van der Waals surface area (Å²) < 4.78 is 7.04. The molecule has 238 valence electrons. The summed E-state index contributed by atoms with van der Waals surface area (Å²) in [5.74, 6) is 1.61. The summed E-state index contributed by atoms with van der Waals surface area (Å²) in [6, 6.07) is 62.7. The van der Waals surface area contributed by atoms with E-state index in [1.165, 1.54) is 59.9 Å². The van der Waals surface area contributed by atoms with Crippen LogP contribution in [0.2, 0.25) is 0 Å². The molecule has 4 heterocycles. The first kappa shape index (κ1) is 27.9. The predicted octanol–water partition coefficient (Wildman–Crippen LogP) is 11.4. The Balaban J connectivity index is 1.18. The van der Waals surface area contributed by atoms with Crippen LogP contribution < -0.4 is 0 Å². The Bertz CT molecular complexity index is 3060. The molecule has 0 unspecified atom stereocenters. The second-order valence-electron chi connectivity index (χ2n) is 13.1. The van der Waals surface area contributed by atoms with Gasteiger partial charge in [-0.2, -0.15) is 0 Å². The van der Waals surface area contributed by atoms with Gasteiger partial charge in [-0.3, -0.25) is 4.57 Å². The van der Waals surface area contributed by atoms with Crippen LogP contribution in [0.15, 0.2) is 176 Å². The van der Waals surface area contributed by atoms with Crippen molar-refractivity contribution < 1.29 is 0 Å². The summed E-state index contributed by atoms with van der Waals surface area (Å²) in [5, 5.41) is 16.9. The largest absolute Gasteiger partial charge is 0.309 e. The second-order valence-corrected chi connectivity index (χ2v) is 13.1. The average Bonchev–Trinajstić information content (AvgIpc) is 3.92. The van der Waals surface area contributed by atoms with Crippen LogP contribution in [-0.2, 0) is 0 Å². The molecule has 4 aromatic heterocycles. The Labute approximate surface area is 292 Å². The first-order valence-electron chi connectivity index (χ1n) is 17.3. The van der Waals surface area contributed by atoms with Crippen molar-refractivity contribution in [3.63, 3.8) is 0 Å². The fraction of sp³-hybridized carbons (Fsp3) is 0. The first-order chi connectivity index (χ1) is 25.3. The van der Waals surface area contributed by atoms with Crippen molar-refractivity contribution in [2.75, 3.05) is 0 Å². The van der Waals surface area contributed by atoms with Gasteiger partial charge in [0.15, 0.2) is 11.6 Å². The molecular weight excluding hydrogens is 623 g/mol. The SMILES string of the molecule is c1ccc(-c2nnc(-c3ccccc3)n2-c2ccc(-n3c4ccccc4c4ccc5c(cc6c7ccccc7c7ccccc7n65)c43)cc2)cc1. The van der Waals surface area contributed by atoms with Gasteiger partial charge in [0.1, 0.15) is 0 Å². The minimum atomic E-state index is 0.806. The van der Waals surface area contributed by atoms with E-state index >= 15 is 0 Å². The molecule has 0 saturated heterocycles. The highest BCUT2D eigenvalue weighted by Crippen LogP contribution is 2.41. The van der Waals surface area contributed by atoms with E-state index in [4.69, 9.17) is 10.2 Å². The number of hydrogen-bond acceptors (Lipinski definition) is 2. The lowest BCUT2D eigenvalue weighted by Crippen LogP contribution is -2.01. The highest BCUT2D eigenvalue weighted by Gasteiger charge is 2.21. The Hall–Kier alpha value is -6.98. The van der Waals surface area contributed by atoms with Crippen LogP contribution in [0.3, 0.4) is 0 Å². The molecule has 0 fully saturated rings. The van der Waals surface area contributed by atoms with E-state index in [2.05, 4.69) is 153 Å². The van der Waals surface area contributed by atoms with Crippen LogP contribution in [0.4, 0.5) is 0 Å². The maximum absolute atomic E-state index is 4.70. The summed E-state index contributed by atoms with van der Waals surface area (Å²) in [6.45, 7) is 0. The average molecular weight is 652 g/mol. The number of benzene rings is 7. The summed E-state index contributed by atoms with van der Waals surface area (Å²) in [5.41, 5.74) is 10.1. The Morgan fingerprint density at radius 2 is 0.784 bits per heavy atom. The van der Waals surface area contributed by atoms with E-state index in [0.717, 1.165) is 34.2 Å². The lowest BCUT2D eigenvalue weighted by molar-refractivity contribution is 1.07. The van der Waals surface area contributed by atoms with Gasteiger partial charge in [-0.15, -0.1) is 10.2 Å². The van der Waals surface area contributed by atoms with Crippen molar-refractivity contribution in [2.45, 2.75) is 0 Å². The summed E-state index contributed by atoms with van der Waals surface area (Å²) in [4.78, 5) is 0. The van der Waals surface area contributed by atoms with Gasteiger partial charge in [-0.1, -0.05) is 127 Å². The molecule has 0 saturated carbocycles. The molecule has 0 aliphatic carbocycles. The minimum absolute atomic E-state index is 0.806. The quantitative estimate of drug-likeness (QED) is 0.178. The number of para-hydroxylation sites is 2. The van der Waals surface area contributed by atoms with Crippen molar-refractivity contribution in [1.82, 2.24) is 23.7 Å². The standard InChI is InChI=1S/C46H29N5/c1-3-13-30(14-4-1)45-47-48-46(31-15-5-2-6-16-31)50(45)33-25-23-32(24-26-33)49-40-21-11-10-20-37(40)38-27-28-42-39(44(38)49)29-43-36-19-8-7-17-34(36)35-18-9-12-22-41(35)51(42)43/h1-29H. The van der Waals surface area contributed by atoms with Gasteiger partial charge in [-0.25, -0.2) is 0 Å². The molecule has 0 amide bonds. The fourth-order valence-corrected chi connectivity index (χ4v) is 8.13. The van der Waals surface area contributed by atoms with Crippen LogP contribution in [0.5, 0.6) is 0 Å². The monoisotopic (exact) mass is 651 g/mol. The second kappa shape index (κ2) is 10.8. The zero-order valence-corrected chi connectivity index (χ0v) is 27.5. The zero-order valence-electron chi connectivity index (χ0n) is 27.5. The van der Waals surface area contributed by atoms with E-state index in [1.54, 1.807) is 0 Å². The molecule has 5 nitrogen and oxygen atoms in total. The minimum Gasteiger partial charge on any atom is -0.309 e. The molecule has 7 aromatic carbocycles. The first-order valence-corrected chi connectivity index (χ1v) is 17.3. The van der Waals surface area contributed by atoms with E-state index in [9.17, 15) is 0 Å². The van der Waals surface area contributed by atoms with E-state index in [-0.39, 0.29) is 0 Å². The Morgan fingerprint density at radius 1 is 0.314 bits per heavy atom. The van der Waals surface area contributed by atoms with Crippen LogP contribution in [0, 0.1) is 0 Å². The molecule has 11 rings (SSSR count). The molecule has 11 aromatic rings. The van der Waals surface area contributed by atoms with Crippen molar-refractivity contribution >= 4 is 59.9 Å². The summed E-state index contributed by atoms with van der Waals surface area (Å²) in [7, 11) is 0. The third-order valence-corrected chi connectivity index (χ3v) is 10.3. The molecule has 0 atom stereocenters. The highest BCUT2D eigenvalue weighted by atomic mass is 15.3. The molecule has 51 heavy (non-hydrogen) atoms. The van der Waals surface area contributed by atoms with Gasteiger partial charge in [-0.05, 0) is 53.9 Å². The molecule has 0 radical (unpaired) electrons. The molecule has 0 aliphatic heterocycles. The molecule has 5 heteroatoms. The third kappa shape index (κ3) is 4.03. The number of rotatable bonds is 4. The molecule has 0 spiro atoms. The molecule has 0 aliphatic rings. The van der Waals surface area contributed by atoms with Crippen LogP contribution in [0.25, 0.3) is 94.1 Å². The molecular formula is C46H29N5. The Kier molecular flexibility index (Phi) is 5.89. The number of fused-ring (bicyclic) bond motifs is 12. The highest BCUT2D eigenvalue weighted by molar-refractivity contribution is 6.22. The van der Waals surface area contributed by atoms with Gasteiger partial charge in [0.05, 0.1) is 27.6 Å². The lowest BCUT2D eigenvalue weighted by Gasteiger charge is -2.13. The zero-order chi connectivity index (χ0) is 33.5. The normalized spacial score (nSPS) is 11.9. The van der Waals surface area contributed by atoms with Crippen LogP contribution >= 0.6 is 0 Å². The summed E-state index contributed by atoms with van der Waals surface area (Å²) >= 11 is 0. The third-order valence-electron chi connectivity index (χ3n) is 10.3. The number of nitrogens with zero attached hydrogens (tertiary/aromatic N) is 5. The van der Waals surface area contributed by atoms with Crippen molar-refractivity contribution in [3.8, 4) is 34.2 Å². The van der Waals surface area contributed by atoms with Crippen LogP contribution in [-0.4, -0.2) is 23.7 Å². The van der Waals surface area contributed by atoms with Gasteiger partial charge in [0, 0.05) is 49.4 Å². The van der Waals surface area contributed by atoms with Gasteiger partial charge in [0.25, 0.3) is 0 Å². The molecule has 0 N–H and O–H groups in total. The number of pyridine rings is 1. The molecule has 0 bridgehead atoms. The predicted molar refractivity (Wildman–Crippen MR) is 210 cm³/mol. The van der Waals surface area contributed by atoms with Crippen molar-refractivity contribution in [2.24, 2.45) is 0 Å². The number of aromatic nitrogens is 5. The van der Waals surface area contributed by atoms with Crippen molar-refractivity contribution in [3.05, 3.63) is 176 Å². The Morgan fingerprint density at radius 3 is 1.41 bits per heavy atom. The lowest BCUT2D eigenvalue weighted by atomic mass is 10.1. The van der Waals surface area contributed by atoms with Crippen LogP contribution in [0.1, 0.15) is 0 Å². The van der Waals surface area contributed by atoms with Gasteiger partial charge < -0.3 is 8.97 Å². The van der Waals surface area contributed by atoms with Crippen molar-refractivity contribution in [1.29, 1.82) is 0 Å². The summed E-state index contributed by atoms with van der Waals surface area (Å²) in [6.07, 6.45) is 0. The topological polar surface area (TPSA) is 40.0 Å². The van der Waals surface area contributed by atoms with E-state index in [0.29, 0.717) is 0 Å². The van der Waals surface area contributed by atoms with E-state index < -0.39 is 0 Å². The van der Waals surface area contributed by atoms with E-state index in [1.807, 2.05) is 36.4 Å². The fourth-order valence-electron chi connectivity index (χ4n) is 8.13. The van der Waals surface area contributed by atoms with Gasteiger partial charge in [0.2, 0.25) is 0 Å². The van der Waals surface area contributed by atoms with Gasteiger partial charge >= 0.3 is 0 Å². The maximum atomic E-state index is 4.70. The smallest absolute Gasteiger partial charge is 0.168 e. The maximum Gasteiger partial charge on any atom is 0.168 e. The number of hydrogen-bond donors (Lipinski definition) is 0.